The fourth-order valence-corrected chi connectivity index (χ4v) is 5.19. The molecule has 1 amide bonds. The normalized spacial score (nSPS) is 10.4. The highest BCUT2D eigenvalue weighted by Crippen LogP contribution is 2.42. The van der Waals surface area contributed by atoms with Crippen LogP contribution in [0.5, 0.6) is 5.75 Å². The minimum absolute atomic E-state index is 0.0000195. The Morgan fingerprint density at radius 2 is 1.57 bits per heavy atom. The Labute approximate surface area is 276 Å². The number of hydrogen-bond donors (Lipinski definition) is 5. The van der Waals surface area contributed by atoms with Crippen LogP contribution in [0.1, 0.15) is 20.7 Å². The number of carbonyl (C=O) groups excluding carboxylic acids is 1. The van der Waals surface area contributed by atoms with Crippen LogP contribution in [0.15, 0.2) is 92.0 Å². The summed E-state index contributed by atoms with van der Waals surface area (Å²) in [6.07, 6.45) is 0. The number of hydrogen-bond acceptors (Lipinski definition) is 10. The molecule has 0 saturated heterocycles. The van der Waals surface area contributed by atoms with E-state index in [-0.39, 0.29) is 57.8 Å². The molecular weight excluding hydrogens is 647 g/mol. The number of nitrogens with one attached hydrogen (secondary N) is 3. The number of fused-ring (bicyclic) bond motifs is 2. The summed E-state index contributed by atoms with van der Waals surface area (Å²) in [6, 6.07) is 18.0. The molecule has 0 spiro atoms. The van der Waals surface area contributed by atoms with Gasteiger partial charge in [-0.25, -0.2) is 4.79 Å². The lowest BCUT2D eigenvalue weighted by atomic mass is 9.90. The van der Waals surface area contributed by atoms with Gasteiger partial charge in [0.2, 0.25) is 0 Å². The van der Waals surface area contributed by atoms with Crippen LogP contribution < -0.4 is 21.4 Å². The summed E-state index contributed by atoms with van der Waals surface area (Å²) in [4.78, 5) is 44.9. The van der Waals surface area contributed by atoms with Crippen molar-refractivity contribution in [1.82, 2.24) is 10.6 Å². The highest BCUT2D eigenvalue weighted by atomic mass is 32.1. The number of benzene rings is 4. The molecular formula is C32H21N5O6S3. The molecule has 0 fully saturated rings. The number of carbonyl (C=O) groups is 2. The Bertz CT molecular complexity index is 2130. The predicted molar refractivity (Wildman–Crippen MR) is 186 cm³/mol. The molecule has 11 nitrogen and oxygen atoms in total. The first-order valence-electron chi connectivity index (χ1n) is 13.4. The van der Waals surface area contributed by atoms with Gasteiger partial charge >= 0.3 is 5.97 Å². The van der Waals surface area contributed by atoms with Gasteiger partial charge in [0.25, 0.3) is 5.91 Å². The van der Waals surface area contributed by atoms with Crippen LogP contribution in [0.3, 0.4) is 0 Å². The second-order valence-corrected chi connectivity index (χ2v) is 10.4. The summed E-state index contributed by atoms with van der Waals surface area (Å²) in [6.45, 7) is 0.465. The molecule has 46 heavy (non-hydrogen) atoms. The van der Waals surface area contributed by atoms with E-state index >= 15 is 0 Å². The van der Waals surface area contributed by atoms with E-state index in [1.165, 1.54) is 42.5 Å². The molecule has 14 heteroatoms. The molecule has 5 N–H and O–H groups in total. The van der Waals surface area contributed by atoms with Crippen LogP contribution in [-0.4, -0.2) is 50.6 Å². The van der Waals surface area contributed by atoms with E-state index in [2.05, 4.69) is 60.7 Å². The predicted octanol–water partition coefficient (Wildman–Crippen LogP) is 6.15. The van der Waals surface area contributed by atoms with Gasteiger partial charge in [-0.15, -0.1) is 0 Å². The Hall–Kier alpha value is -5.62. The number of nitrogens with zero attached hydrogens (tertiary/aromatic N) is 2. The molecule has 0 atom stereocenters. The van der Waals surface area contributed by atoms with Crippen LogP contribution >= 0.6 is 36.7 Å². The largest absolute Gasteiger partial charge is 0.508 e. The van der Waals surface area contributed by atoms with E-state index < -0.39 is 5.97 Å². The van der Waals surface area contributed by atoms with Crippen molar-refractivity contribution in [3.63, 3.8) is 0 Å². The van der Waals surface area contributed by atoms with Gasteiger partial charge in [-0.1, -0.05) is 0 Å². The lowest BCUT2D eigenvalue weighted by Crippen LogP contribution is -2.36. The van der Waals surface area contributed by atoms with Crippen LogP contribution in [0.4, 0.5) is 17.1 Å². The van der Waals surface area contributed by atoms with Gasteiger partial charge in [0.1, 0.15) is 17.1 Å². The summed E-state index contributed by atoms with van der Waals surface area (Å²) < 4.78 is 5.89. The van der Waals surface area contributed by atoms with Gasteiger partial charge in [-0.05, 0) is 103 Å². The first-order chi connectivity index (χ1) is 22.2. The molecule has 1 aliphatic heterocycles. The number of isothiocyanates is 2. The Morgan fingerprint density at radius 1 is 0.848 bits per heavy atom. The summed E-state index contributed by atoms with van der Waals surface area (Å²) in [7, 11) is 0. The highest BCUT2D eigenvalue weighted by molar-refractivity contribution is 7.80. The number of amides is 1. The van der Waals surface area contributed by atoms with Crippen molar-refractivity contribution in [2.24, 2.45) is 9.98 Å². The quantitative estimate of drug-likeness (QED) is 0.0529. The second-order valence-electron chi connectivity index (χ2n) is 9.66. The first-order valence-corrected chi connectivity index (χ1v) is 14.6. The monoisotopic (exact) mass is 667 g/mol. The van der Waals surface area contributed by atoms with Crippen molar-refractivity contribution < 1.29 is 24.2 Å². The maximum absolute atomic E-state index is 12.7. The number of anilines is 1. The van der Waals surface area contributed by atoms with E-state index in [9.17, 15) is 24.6 Å². The number of carboxylic acid groups (broad SMARTS) is 1. The van der Waals surface area contributed by atoms with E-state index in [1.807, 2.05) is 0 Å². The zero-order valence-corrected chi connectivity index (χ0v) is 25.9. The van der Waals surface area contributed by atoms with E-state index in [1.54, 1.807) is 30.3 Å². The average molecular weight is 668 g/mol. The number of aromatic hydroxyl groups is 1. The van der Waals surface area contributed by atoms with Crippen LogP contribution in [-0.2, 0) is 0 Å². The maximum atomic E-state index is 12.7. The number of thiocarbonyl (C=S) groups is 3. The van der Waals surface area contributed by atoms with Gasteiger partial charge in [0, 0.05) is 53.0 Å². The van der Waals surface area contributed by atoms with Gasteiger partial charge in [-0.3, -0.25) is 9.59 Å². The Morgan fingerprint density at radius 3 is 2.26 bits per heavy atom. The number of aromatic carboxylic acids is 1. The summed E-state index contributed by atoms with van der Waals surface area (Å²) in [5, 5.41) is 34.2. The average Bonchev–Trinajstić information content (AvgIpc) is 3.01. The fraction of sp³-hybridized carbons (Fsp3) is 0.0625. The third-order valence-corrected chi connectivity index (χ3v) is 7.09. The number of phenolic OH excluding ortho intramolecular Hbond substituents is 1. The molecule has 1 aliphatic carbocycles. The third-order valence-electron chi connectivity index (χ3n) is 6.66. The second kappa shape index (κ2) is 14.0. The van der Waals surface area contributed by atoms with Crippen molar-refractivity contribution in [1.29, 1.82) is 0 Å². The maximum Gasteiger partial charge on any atom is 0.336 e. The van der Waals surface area contributed by atoms with Crippen molar-refractivity contribution in [3.05, 3.63) is 94.1 Å². The first kappa shape index (κ1) is 31.8. The molecule has 0 saturated carbocycles. The lowest BCUT2D eigenvalue weighted by molar-refractivity contribution is 0.0697. The van der Waals surface area contributed by atoms with Gasteiger partial charge in [0.15, 0.2) is 10.5 Å². The lowest BCUT2D eigenvalue weighted by Gasteiger charge is -2.18. The Balaban J connectivity index is 1.35. The van der Waals surface area contributed by atoms with Crippen LogP contribution in [0.25, 0.3) is 33.4 Å². The van der Waals surface area contributed by atoms with Crippen LogP contribution in [0, 0.1) is 0 Å². The molecule has 0 bridgehead atoms. The third kappa shape index (κ3) is 7.19. The SMILES string of the molecule is O=C(NCCNC(=S)Nc1ccc(C(=O)O)c(-c2c3ccc(=O)cc-3oc3cc(O)ccc23)c1)c1cc(N=C=S)cc(N=C=S)c1. The molecule has 0 radical (unpaired) electrons. The minimum Gasteiger partial charge on any atom is -0.508 e. The van der Waals surface area contributed by atoms with Gasteiger partial charge in [0.05, 0.1) is 27.3 Å². The number of carboxylic acids is 1. The zero-order valence-electron chi connectivity index (χ0n) is 23.5. The smallest absolute Gasteiger partial charge is 0.336 e. The number of rotatable bonds is 9. The van der Waals surface area contributed by atoms with Crippen molar-refractivity contribution in [2.75, 3.05) is 18.4 Å². The number of phenols is 1. The highest BCUT2D eigenvalue weighted by Gasteiger charge is 2.22. The molecule has 228 valence electrons. The van der Waals surface area contributed by atoms with E-state index in [0.717, 1.165) is 0 Å². The topological polar surface area (TPSA) is 166 Å². The standard InChI is InChI=1S/C32H21N5O6S3/c38-21-2-5-24-27(13-21)43-28-14-22(39)3-6-25(28)29(24)26-12-18(1-4-23(26)31(41)42)37-32(46)34-8-7-33-30(40)17-9-19(35-15-44)11-20(10-17)36-16-45/h1-6,9-14,38H,7-8H2,(H,33,40)(H,41,42)(H2,34,37,46). The molecule has 3 aromatic carbocycles. The molecule has 5 rings (SSSR count). The van der Waals surface area contributed by atoms with E-state index in [0.29, 0.717) is 39.1 Å². The molecule has 0 unspecified atom stereocenters. The number of aliphatic imine (C=N–C) groups is 2. The van der Waals surface area contributed by atoms with Gasteiger partial charge in [-0.2, -0.15) is 9.98 Å². The molecule has 3 aromatic rings. The van der Waals surface area contributed by atoms with Crippen LogP contribution in [0.2, 0.25) is 0 Å². The summed E-state index contributed by atoms with van der Waals surface area (Å²) in [5.41, 5.74) is 2.87. The molecule has 0 aromatic heterocycles. The Kier molecular flexibility index (Phi) is 9.67. The molecule has 2 aliphatic rings. The summed E-state index contributed by atoms with van der Waals surface area (Å²) in [5.74, 6) is -1.38. The molecule has 1 heterocycles. The summed E-state index contributed by atoms with van der Waals surface area (Å²) >= 11 is 14.7. The van der Waals surface area contributed by atoms with Crippen molar-refractivity contribution in [3.8, 4) is 28.2 Å². The minimum atomic E-state index is -1.17. The van der Waals surface area contributed by atoms with Crippen molar-refractivity contribution >= 4 is 92.0 Å². The zero-order chi connectivity index (χ0) is 32.8. The fourth-order valence-electron chi connectivity index (χ4n) is 4.75. The van der Waals surface area contributed by atoms with Gasteiger partial charge < -0.3 is 30.6 Å². The van der Waals surface area contributed by atoms with E-state index in [4.69, 9.17) is 16.6 Å². The van der Waals surface area contributed by atoms with Crippen molar-refractivity contribution in [2.45, 2.75) is 0 Å².